The Morgan fingerprint density at radius 2 is 1.74 bits per heavy atom. The van der Waals surface area contributed by atoms with Crippen molar-refractivity contribution in [2.45, 2.75) is 39.4 Å². The molecule has 6 nitrogen and oxygen atoms in total. The lowest BCUT2D eigenvalue weighted by atomic mass is 9.87. The topological polar surface area (TPSA) is 65.0 Å². The van der Waals surface area contributed by atoms with E-state index in [1.54, 1.807) is 6.21 Å². The SMILES string of the molecule is CCN(CC)Cc1ccc2c(c1)CN(C(=O)Nc1ccc(C3C=NC(=O)c4ccccc43)cc1)C2. The zero-order valence-corrected chi connectivity index (χ0v) is 20.2. The smallest absolute Gasteiger partial charge is 0.316 e. The first-order chi connectivity index (χ1) is 17.1. The van der Waals surface area contributed by atoms with Gasteiger partial charge in [0.2, 0.25) is 0 Å². The second kappa shape index (κ2) is 9.84. The maximum Gasteiger partial charge on any atom is 0.322 e. The van der Waals surface area contributed by atoms with Gasteiger partial charge in [-0.3, -0.25) is 9.69 Å². The van der Waals surface area contributed by atoms with Gasteiger partial charge >= 0.3 is 6.03 Å². The zero-order chi connectivity index (χ0) is 24.4. The summed E-state index contributed by atoms with van der Waals surface area (Å²) >= 11 is 0. The summed E-state index contributed by atoms with van der Waals surface area (Å²) in [5.74, 6) is -0.278. The molecule has 0 saturated carbocycles. The van der Waals surface area contributed by atoms with Crippen molar-refractivity contribution >= 4 is 23.8 Å². The molecule has 2 aliphatic heterocycles. The Kier molecular flexibility index (Phi) is 6.47. The van der Waals surface area contributed by atoms with E-state index in [0.29, 0.717) is 18.7 Å². The molecule has 3 amide bonds. The molecule has 5 rings (SSSR count). The van der Waals surface area contributed by atoms with Gasteiger partial charge in [0.1, 0.15) is 0 Å². The van der Waals surface area contributed by atoms with Gasteiger partial charge in [-0.1, -0.05) is 62.4 Å². The maximum absolute atomic E-state index is 13.0. The average molecular weight is 467 g/mol. The minimum absolute atomic E-state index is 0.0766. The molecule has 2 heterocycles. The second-order valence-corrected chi connectivity index (χ2v) is 9.12. The van der Waals surface area contributed by atoms with Crippen LogP contribution < -0.4 is 5.32 Å². The van der Waals surface area contributed by atoms with E-state index in [0.717, 1.165) is 36.4 Å². The van der Waals surface area contributed by atoms with Gasteiger partial charge in [-0.2, -0.15) is 0 Å². The summed E-state index contributed by atoms with van der Waals surface area (Å²) in [6.45, 7) is 8.58. The highest BCUT2D eigenvalue weighted by Crippen LogP contribution is 2.31. The molecule has 0 aromatic heterocycles. The Morgan fingerprint density at radius 1 is 1.00 bits per heavy atom. The molecule has 0 spiro atoms. The normalized spacial score (nSPS) is 16.4. The van der Waals surface area contributed by atoms with Crippen molar-refractivity contribution in [2.24, 2.45) is 4.99 Å². The van der Waals surface area contributed by atoms with E-state index >= 15 is 0 Å². The van der Waals surface area contributed by atoms with Crippen LogP contribution in [-0.4, -0.2) is 41.0 Å². The summed E-state index contributed by atoms with van der Waals surface area (Å²) < 4.78 is 0. The molecule has 1 unspecified atom stereocenters. The number of hydrogen-bond donors (Lipinski definition) is 1. The fourth-order valence-electron chi connectivity index (χ4n) is 4.89. The van der Waals surface area contributed by atoms with E-state index in [9.17, 15) is 9.59 Å². The molecule has 35 heavy (non-hydrogen) atoms. The molecule has 1 N–H and O–H groups in total. The van der Waals surface area contributed by atoms with Crippen LogP contribution in [0.3, 0.4) is 0 Å². The Balaban J connectivity index is 1.24. The fourth-order valence-corrected chi connectivity index (χ4v) is 4.89. The van der Waals surface area contributed by atoms with Crippen LogP contribution in [0.15, 0.2) is 71.7 Å². The summed E-state index contributed by atoms with van der Waals surface area (Å²) in [6.07, 6.45) is 1.70. The van der Waals surface area contributed by atoms with Crippen molar-refractivity contribution in [1.82, 2.24) is 9.80 Å². The van der Waals surface area contributed by atoms with Gasteiger partial charge < -0.3 is 10.2 Å². The third-order valence-corrected chi connectivity index (χ3v) is 6.97. The standard InChI is InChI=1S/C29H30N4O2/c1-3-32(4-2)17-20-9-10-22-18-33(19-23(22)15-20)29(35)31-24-13-11-21(12-14-24)27-16-30-28(34)26-8-6-5-7-25(26)27/h5-16,27H,3-4,17-19H2,1-2H3,(H,31,35). The molecule has 178 valence electrons. The third kappa shape index (κ3) is 4.75. The van der Waals surface area contributed by atoms with E-state index in [4.69, 9.17) is 0 Å². The van der Waals surface area contributed by atoms with Crippen molar-refractivity contribution in [3.8, 4) is 0 Å². The predicted octanol–water partition coefficient (Wildman–Crippen LogP) is 5.43. The molecule has 0 bridgehead atoms. The number of nitrogens with one attached hydrogen (secondary N) is 1. The first kappa shape index (κ1) is 23.0. The third-order valence-electron chi connectivity index (χ3n) is 6.97. The number of carbonyl (C=O) groups is 2. The number of nitrogens with zero attached hydrogens (tertiary/aromatic N) is 3. The van der Waals surface area contributed by atoms with Crippen LogP contribution >= 0.6 is 0 Å². The number of benzene rings is 3. The molecular formula is C29H30N4O2. The Morgan fingerprint density at radius 3 is 2.51 bits per heavy atom. The van der Waals surface area contributed by atoms with Crippen LogP contribution in [0.25, 0.3) is 0 Å². The quantitative estimate of drug-likeness (QED) is 0.527. The van der Waals surface area contributed by atoms with Crippen molar-refractivity contribution in [3.63, 3.8) is 0 Å². The molecule has 0 aliphatic carbocycles. The summed E-state index contributed by atoms with van der Waals surface area (Å²) in [6, 6.07) is 21.8. The molecule has 6 heteroatoms. The van der Waals surface area contributed by atoms with Gasteiger partial charge in [0.15, 0.2) is 0 Å². The van der Waals surface area contributed by atoms with Crippen LogP contribution in [0.5, 0.6) is 0 Å². The van der Waals surface area contributed by atoms with E-state index in [1.165, 1.54) is 16.7 Å². The monoisotopic (exact) mass is 466 g/mol. The number of anilines is 1. The molecule has 0 fully saturated rings. The fraction of sp³-hybridized carbons (Fsp3) is 0.276. The zero-order valence-electron chi connectivity index (χ0n) is 20.2. The second-order valence-electron chi connectivity index (χ2n) is 9.12. The molecule has 1 atom stereocenters. The number of urea groups is 1. The van der Waals surface area contributed by atoms with Gasteiger partial charge in [-0.05, 0) is 59.1 Å². The largest absolute Gasteiger partial charge is 0.322 e. The molecule has 2 aliphatic rings. The molecule has 3 aromatic rings. The van der Waals surface area contributed by atoms with Crippen molar-refractivity contribution in [1.29, 1.82) is 0 Å². The van der Waals surface area contributed by atoms with Crippen LogP contribution in [-0.2, 0) is 19.6 Å². The first-order valence-electron chi connectivity index (χ1n) is 12.2. The average Bonchev–Trinajstić information content (AvgIpc) is 3.32. The minimum Gasteiger partial charge on any atom is -0.316 e. The number of aliphatic imine (C=N–C) groups is 1. The number of hydrogen-bond acceptors (Lipinski definition) is 3. The van der Waals surface area contributed by atoms with Gasteiger partial charge in [-0.15, -0.1) is 0 Å². The maximum atomic E-state index is 13.0. The van der Waals surface area contributed by atoms with Gasteiger partial charge in [-0.25, -0.2) is 9.79 Å². The Hall–Kier alpha value is -3.77. The molecular weight excluding hydrogens is 436 g/mol. The number of carbonyl (C=O) groups excluding carboxylic acids is 2. The minimum atomic E-state index is -0.201. The highest BCUT2D eigenvalue weighted by atomic mass is 16.2. The Labute approximate surface area is 206 Å². The van der Waals surface area contributed by atoms with Crippen LogP contribution in [0.1, 0.15) is 57.9 Å². The highest BCUT2D eigenvalue weighted by molar-refractivity contribution is 6.05. The van der Waals surface area contributed by atoms with E-state index < -0.39 is 0 Å². The van der Waals surface area contributed by atoms with Gasteiger partial charge in [0.05, 0.1) is 0 Å². The van der Waals surface area contributed by atoms with Crippen LogP contribution in [0.2, 0.25) is 0 Å². The summed E-state index contributed by atoms with van der Waals surface area (Å²) in [4.78, 5) is 33.4. The summed E-state index contributed by atoms with van der Waals surface area (Å²) in [5.41, 5.74) is 7.11. The Bertz CT molecular complexity index is 1280. The summed E-state index contributed by atoms with van der Waals surface area (Å²) in [5, 5.41) is 3.03. The number of rotatable bonds is 6. The highest BCUT2D eigenvalue weighted by Gasteiger charge is 2.25. The lowest BCUT2D eigenvalue weighted by Crippen LogP contribution is -2.30. The van der Waals surface area contributed by atoms with Gasteiger partial charge in [0, 0.05) is 43.0 Å². The van der Waals surface area contributed by atoms with Gasteiger partial charge in [0.25, 0.3) is 5.91 Å². The molecule has 0 saturated heterocycles. The van der Waals surface area contributed by atoms with E-state index in [-0.39, 0.29) is 17.9 Å². The van der Waals surface area contributed by atoms with Crippen molar-refractivity contribution < 1.29 is 9.59 Å². The van der Waals surface area contributed by atoms with E-state index in [1.807, 2.05) is 53.4 Å². The first-order valence-corrected chi connectivity index (χ1v) is 12.2. The van der Waals surface area contributed by atoms with Crippen LogP contribution in [0.4, 0.5) is 10.5 Å². The summed E-state index contributed by atoms with van der Waals surface area (Å²) in [7, 11) is 0. The van der Waals surface area contributed by atoms with Crippen molar-refractivity contribution in [3.05, 3.63) is 100 Å². The number of amides is 3. The van der Waals surface area contributed by atoms with Crippen LogP contribution in [0, 0.1) is 0 Å². The van der Waals surface area contributed by atoms with Crippen molar-refractivity contribution in [2.75, 3.05) is 18.4 Å². The predicted molar refractivity (Wildman–Crippen MR) is 139 cm³/mol. The van der Waals surface area contributed by atoms with E-state index in [2.05, 4.69) is 47.3 Å². The lowest BCUT2D eigenvalue weighted by Gasteiger charge is -2.20. The number of fused-ring (bicyclic) bond motifs is 2. The molecule has 0 radical (unpaired) electrons. The molecule has 3 aromatic carbocycles. The lowest BCUT2D eigenvalue weighted by molar-refractivity contribution is 0.1000.